The van der Waals surface area contributed by atoms with Crippen LogP contribution in [0.4, 0.5) is 70.7 Å². The Bertz CT molecular complexity index is 4210. The number of hydrogen-bond acceptors (Lipinski definition) is 40. The maximum Gasteiger partial charge on any atom is 0.242 e. The van der Waals surface area contributed by atoms with E-state index in [0.29, 0.717) is 105 Å². The largest absolute Gasteiger partial charge is 0.371 e. The number of alkyl halides is 1. The Morgan fingerprint density at radius 3 is 0.633 bits per heavy atom. The first-order valence-corrected chi connectivity index (χ1v) is 36.0. The Morgan fingerprint density at radius 1 is 0.239 bits per heavy atom. The maximum absolute atomic E-state index is 5.93. The second kappa shape index (κ2) is 48.4. The average molecular weight is 1620 g/mol. The Labute approximate surface area is 665 Å². The summed E-state index contributed by atoms with van der Waals surface area (Å²) >= 11 is 22.2. The molecule has 10 heterocycles. The van der Waals surface area contributed by atoms with E-state index in [1.54, 1.807) is 46.2 Å². The number of nitrogens with zero attached hydrogens (tertiary/aromatic N) is 27. The molecule has 0 radical (unpaired) electrons. The summed E-state index contributed by atoms with van der Waals surface area (Å²) < 4.78 is 0. The van der Waals surface area contributed by atoms with E-state index >= 15 is 0 Å². The normalized spacial score (nSPS) is 10.3. The molecule has 0 spiro atoms. The van der Waals surface area contributed by atoms with Gasteiger partial charge in [-0.25, -0.2) is 102 Å². The van der Waals surface area contributed by atoms with Crippen LogP contribution in [0.5, 0.6) is 0 Å². The summed E-state index contributed by atoms with van der Waals surface area (Å²) in [6.45, 7) is 10.1. The van der Waals surface area contributed by atoms with Crippen molar-refractivity contribution in [2.75, 3.05) is 230 Å². The van der Waals surface area contributed by atoms with Crippen LogP contribution in [0.1, 0.15) is 63.1 Å². The number of anilines is 12. The lowest BCUT2D eigenvalue weighted by Crippen LogP contribution is -2.33. The number of aryl methyl sites for hydroxylation is 5. The molecule has 602 valence electrons. The molecule has 13 N–H and O–H groups in total. The highest BCUT2D eigenvalue weighted by Crippen LogP contribution is 2.30. The van der Waals surface area contributed by atoms with Gasteiger partial charge in [-0.05, 0) is 95.1 Å². The van der Waals surface area contributed by atoms with Crippen molar-refractivity contribution in [3.05, 3.63) is 44.3 Å². The van der Waals surface area contributed by atoms with Gasteiger partial charge in [0.1, 0.15) is 55.2 Å². The fourth-order valence-electron chi connectivity index (χ4n) is 8.95. The lowest BCUT2D eigenvalue weighted by Gasteiger charge is -2.20. The number of rotatable bonds is 23. The van der Waals surface area contributed by atoms with E-state index in [1.807, 2.05) is 172 Å². The minimum absolute atomic E-state index is 0. The molecule has 0 bridgehead atoms. The molecule has 109 heavy (non-hydrogen) atoms. The third-order valence-corrected chi connectivity index (χ3v) is 15.5. The SMILES string of the molecule is CCc1nc(Cl)nc2c(NC)nc(Cl)nc12.CCc1nc(Cl)nc2c(NC)nc(N(C)NC)nc12.CCc1nc(N(C)C)nc2c(NC)nc(N(C)NC)nc12.CCc1nc(N(C)C)nc2c(NC)nc(N(C)NC)nc12.CCc1nc(N(C)NC)nc2c(NC)nc(N(C)NC)nc12.CCl.CNC.CNNC.Cl. The van der Waals surface area contributed by atoms with E-state index in [1.165, 1.54) is 6.38 Å². The van der Waals surface area contributed by atoms with Crippen LogP contribution in [0.25, 0.3) is 55.2 Å². The molecule has 40 nitrogen and oxygen atoms in total. The lowest BCUT2D eigenvalue weighted by molar-refractivity contribution is 0.689. The van der Waals surface area contributed by atoms with Crippen molar-refractivity contribution in [1.29, 1.82) is 0 Å². The second-order valence-corrected chi connectivity index (χ2v) is 23.3. The Balaban J connectivity index is 0.000000450. The molecule has 10 rings (SSSR count). The van der Waals surface area contributed by atoms with Gasteiger partial charge in [-0.1, -0.05) is 34.6 Å². The Morgan fingerprint density at radius 2 is 0.413 bits per heavy atom. The maximum atomic E-state index is 5.93. The lowest BCUT2D eigenvalue weighted by atomic mass is 10.2. The molecular formula is C64H111Cl5N40. The molecule has 0 saturated carbocycles. The van der Waals surface area contributed by atoms with Gasteiger partial charge in [0.05, 0.1) is 28.5 Å². The van der Waals surface area contributed by atoms with Crippen LogP contribution in [0.15, 0.2) is 0 Å². The quantitative estimate of drug-likeness (QED) is 0.0213. The number of halogens is 5. The van der Waals surface area contributed by atoms with Gasteiger partial charge >= 0.3 is 0 Å². The van der Waals surface area contributed by atoms with Crippen LogP contribution in [0, 0.1) is 0 Å². The minimum Gasteiger partial charge on any atom is -0.371 e. The molecule has 0 aliphatic heterocycles. The van der Waals surface area contributed by atoms with E-state index in [-0.39, 0.29) is 28.3 Å². The second-order valence-electron chi connectivity index (χ2n) is 22.3. The topological polar surface area (TPSA) is 437 Å². The molecule has 10 aromatic heterocycles. The fraction of sp³-hybridized carbons (Fsp3) is 0.531. The van der Waals surface area contributed by atoms with Crippen LogP contribution in [0.3, 0.4) is 0 Å². The molecule has 0 aliphatic carbocycles. The standard InChI is InChI=1S/C13H23N9.2C13H22N8.C11H16ClN7.C9H9Cl2N5.C2H8N2.C2H7N.CH3Cl.ClH/c1-7-8-9-10(19-12(17-8)21(5)15-3)11(14-2)20-13(18-9)22(6)16-4;2*1-7-8-9-10(18-12(16-8)20(4)5)11(14-2)19-13(17-9)21(6)15-3;1-5-6-7-8(16-10(12)15-6)9(13-2)18-11(17-7)19(4)14-3;1-3-4-5-6(15-8(10)13-4)7(12-2)16-9(11)14-5;1-3-4-2;1-3-2;1-2;/h15-16H,7H2,1-6H3,(H,14,18,20);2*15H,7H2,1-6H3,(H,14,17,19);14H,5H2,1-4H3,(H,13,17,18);3H2,1-2H3,(H,12,14,16);3-4H,1-2H3;3H,1-2H3;1H3;1H. The third-order valence-electron chi connectivity index (χ3n) is 15.0. The summed E-state index contributed by atoms with van der Waals surface area (Å²) in [5.41, 5.74) is 31.6. The van der Waals surface area contributed by atoms with Crippen molar-refractivity contribution in [3.63, 3.8) is 0 Å². The van der Waals surface area contributed by atoms with E-state index in [2.05, 4.69) is 195 Å². The predicted molar refractivity (Wildman–Crippen MR) is 453 cm³/mol. The molecular weight excluding hydrogens is 1510 g/mol. The molecule has 0 amide bonds. The van der Waals surface area contributed by atoms with Gasteiger partial charge in [0.15, 0.2) is 29.1 Å². The van der Waals surface area contributed by atoms with E-state index in [4.69, 9.17) is 34.8 Å². The monoisotopic (exact) mass is 1610 g/mol. The summed E-state index contributed by atoms with van der Waals surface area (Å²) in [5.74, 6) is 7.39. The van der Waals surface area contributed by atoms with Gasteiger partial charge in [-0.3, -0.25) is 35.9 Å². The van der Waals surface area contributed by atoms with Gasteiger partial charge in [0.2, 0.25) is 57.5 Å². The summed E-state index contributed by atoms with van der Waals surface area (Å²) in [6, 6.07) is 0. The number of fused-ring (bicyclic) bond motifs is 5. The van der Waals surface area contributed by atoms with Gasteiger partial charge in [-0.15, -0.1) is 24.0 Å². The molecule has 0 fully saturated rings. The van der Waals surface area contributed by atoms with Gasteiger partial charge < -0.3 is 41.7 Å². The van der Waals surface area contributed by atoms with Crippen molar-refractivity contribution in [1.82, 2.24) is 143 Å². The van der Waals surface area contributed by atoms with Crippen LogP contribution in [0.2, 0.25) is 15.9 Å². The van der Waals surface area contributed by atoms with Crippen LogP contribution in [-0.2, 0) is 32.1 Å². The first kappa shape index (κ1) is 95.9. The molecule has 0 aliphatic rings. The summed E-state index contributed by atoms with van der Waals surface area (Å²) in [7, 11) is 42.4. The molecule has 0 aromatic carbocycles. The Hall–Kier alpha value is -9.17. The molecule has 0 saturated heterocycles. The van der Waals surface area contributed by atoms with E-state index in [9.17, 15) is 0 Å². The molecule has 0 atom stereocenters. The van der Waals surface area contributed by atoms with Crippen molar-refractivity contribution in [3.8, 4) is 0 Å². The molecule has 0 unspecified atom stereocenters. The van der Waals surface area contributed by atoms with Gasteiger partial charge in [0.25, 0.3) is 0 Å². The highest BCUT2D eigenvalue weighted by Gasteiger charge is 2.22. The average Bonchev–Trinajstić information content (AvgIpc) is 0.807. The van der Waals surface area contributed by atoms with Crippen molar-refractivity contribution >= 4 is 185 Å². The zero-order valence-electron chi connectivity index (χ0n) is 68.0. The summed E-state index contributed by atoms with van der Waals surface area (Å²) in [6.07, 6.45) is 5.22. The number of aromatic nitrogens is 20. The highest BCUT2D eigenvalue weighted by molar-refractivity contribution is 6.30. The van der Waals surface area contributed by atoms with E-state index in [0.717, 1.165) is 81.7 Å². The highest BCUT2D eigenvalue weighted by atomic mass is 35.5. The number of nitrogens with one attached hydrogen (secondary N) is 13. The van der Waals surface area contributed by atoms with Crippen LogP contribution in [-0.4, -0.2) is 268 Å². The Kier molecular flexibility index (Phi) is 42.6. The van der Waals surface area contributed by atoms with Crippen LogP contribution < -0.4 is 105 Å². The summed E-state index contributed by atoms with van der Waals surface area (Å²) in [4.78, 5) is 92.2. The fourth-order valence-corrected chi connectivity index (χ4v) is 9.49. The zero-order valence-corrected chi connectivity index (χ0v) is 71.9. The minimum atomic E-state index is 0. The number of hydrazine groups is 6. The predicted octanol–water partition coefficient (Wildman–Crippen LogP) is 5.52. The molecule has 10 aromatic rings. The van der Waals surface area contributed by atoms with Crippen LogP contribution >= 0.6 is 58.8 Å². The first-order valence-electron chi connectivity index (χ1n) is 34.2. The first-order chi connectivity index (χ1) is 51.7. The van der Waals surface area contributed by atoms with Gasteiger partial charge in [-0.2, -0.15) is 24.9 Å². The van der Waals surface area contributed by atoms with Crippen molar-refractivity contribution in [2.45, 2.75) is 66.7 Å². The van der Waals surface area contributed by atoms with Crippen molar-refractivity contribution < 1.29 is 0 Å². The van der Waals surface area contributed by atoms with E-state index < -0.39 is 0 Å². The summed E-state index contributed by atoms with van der Waals surface area (Å²) in [5, 5.41) is 27.2. The van der Waals surface area contributed by atoms with Gasteiger partial charge in [0, 0.05) is 140 Å². The smallest absolute Gasteiger partial charge is 0.242 e. The third kappa shape index (κ3) is 25.7. The van der Waals surface area contributed by atoms with Crippen molar-refractivity contribution in [2.24, 2.45) is 0 Å². The zero-order chi connectivity index (χ0) is 81.2. The number of hydrogen-bond donors (Lipinski definition) is 13. The molecule has 45 heteroatoms.